The van der Waals surface area contributed by atoms with Gasteiger partial charge in [-0.15, -0.1) is 0 Å². The van der Waals surface area contributed by atoms with Gasteiger partial charge in [0.15, 0.2) is 5.16 Å². The van der Waals surface area contributed by atoms with Gasteiger partial charge in [-0.2, -0.15) is 5.10 Å². The number of carbonyl (C=O) groups is 1. The number of halogens is 1. The Morgan fingerprint density at radius 2 is 1.94 bits per heavy atom. The number of ether oxygens (including phenoxy) is 1. The van der Waals surface area contributed by atoms with Gasteiger partial charge >= 0.3 is 0 Å². The number of benzene rings is 3. The average Bonchev–Trinajstić information content (AvgIpc) is 2.83. The summed E-state index contributed by atoms with van der Waals surface area (Å²) < 4.78 is 6.70. The number of para-hydroxylation sites is 1. The lowest BCUT2D eigenvalue weighted by atomic mass is 10.2. The van der Waals surface area contributed by atoms with Crippen LogP contribution in [0.25, 0.3) is 16.6 Å². The lowest BCUT2D eigenvalue weighted by Gasteiger charge is -2.13. The zero-order valence-corrected chi connectivity index (χ0v) is 19.1. The average molecular weight is 479 g/mol. The van der Waals surface area contributed by atoms with E-state index in [1.165, 1.54) is 10.8 Å². The molecule has 0 spiro atoms. The monoisotopic (exact) mass is 478 g/mol. The molecule has 4 aromatic rings. The van der Waals surface area contributed by atoms with Crippen LogP contribution in [0.1, 0.15) is 5.56 Å². The van der Waals surface area contributed by atoms with Crippen LogP contribution in [0.15, 0.2) is 87.8 Å². The Labute approximate surface area is 199 Å². The van der Waals surface area contributed by atoms with Crippen LogP contribution in [0.5, 0.6) is 5.75 Å². The molecule has 0 aliphatic carbocycles. The number of nitrogens with zero attached hydrogens (tertiary/aromatic N) is 3. The minimum absolute atomic E-state index is 0.0216. The van der Waals surface area contributed by atoms with E-state index < -0.39 is 0 Å². The number of hydrogen-bond donors (Lipinski definition) is 1. The molecule has 0 saturated carbocycles. The highest BCUT2D eigenvalue weighted by Gasteiger charge is 2.15. The molecule has 0 unspecified atom stereocenters. The first-order valence-electron chi connectivity index (χ1n) is 9.91. The molecule has 0 fully saturated rings. The summed E-state index contributed by atoms with van der Waals surface area (Å²) in [6.45, 7) is 0. The Balaban J connectivity index is 1.57. The van der Waals surface area contributed by atoms with E-state index in [0.717, 1.165) is 17.3 Å². The van der Waals surface area contributed by atoms with E-state index in [1.54, 1.807) is 67.8 Å². The first kappa shape index (κ1) is 22.6. The quantitative estimate of drug-likeness (QED) is 0.185. The van der Waals surface area contributed by atoms with E-state index in [-0.39, 0.29) is 17.2 Å². The van der Waals surface area contributed by atoms with Gasteiger partial charge in [0, 0.05) is 5.02 Å². The predicted octanol–water partition coefficient (Wildman–Crippen LogP) is 4.29. The number of thioether (sulfide) groups is 1. The van der Waals surface area contributed by atoms with Crippen LogP contribution in [0.3, 0.4) is 0 Å². The van der Waals surface area contributed by atoms with E-state index >= 15 is 0 Å². The molecule has 1 heterocycles. The molecule has 0 aliphatic rings. The van der Waals surface area contributed by atoms with Crippen molar-refractivity contribution in [2.24, 2.45) is 5.10 Å². The fourth-order valence-corrected chi connectivity index (χ4v) is 4.10. The summed E-state index contributed by atoms with van der Waals surface area (Å²) >= 11 is 7.10. The normalized spacial score (nSPS) is 11.1. The fraction of sp³-hybridized carbons (Fsp3) is 0.0833. The molecule has 9 heteroatoms. The molecule has 7 nitrogen and oxygen atoms in total. The van der Waals surface area contributed by atoms with Crippen LogP contribution in [0.2, 0.25) is 5.02 Å². The molecule has 33 heavy (non-hydrogen) atoms. The number of nitrogens with one attached hydrogen (secondary N) is 1. The maximum Gasteiger partial charge on any atom is 0.266 e. The van der Waals surface area contributed by atoms with Crippen LogP contribution in [-0.2, 0) is 4.79 Å². The topological polar surface area (TPSA) is 85.6 Å². The maximum absolute atomic E-state index is 13.2. The number of methoxy groups -OCH3 is 1. The summed E-state index contributed by atoms with van der Waals surface area (Å²) in [7, 11) is 1.58. The molecule has 0 saturated heterocycles. The molecule has 4 rings (SSSR count). The Morgan fingerprint density at radius 1 is 1.15 bits per heavy atom. The Morgan fingerprint density at radius 3 is 2.70 bits per heavy atom. The third-order valence-electron chi connectivity index (χ3n) is 4.66. The number of fused-ring (bicyclic) bond motifs is 1. The Hall–Kier alpha value is -3.62. The molecule has 0 radical (unpaired) electrons. The summed E-state index contributed by atoms with van der Waals surface area (Å²) in [6, 6.07) is 21.3. The van der Waals surface area contributed by atoms with Crippen LogP contribution in [0, 0.1) is 0 Å². The zero-order valence-electron chi connectivity index (χ0n) is 17.6. The molecule has 0 atom stereocenters. The Bertz CT molecular complexity index is 1390. The van der Waals surface area contributed by atoms with Crippen LogP contribution < -0.4 is 15.7 Å². The van der Waals surface area contributed by atoms with E-state index in [2.05, 4.69) is 15.5 Å². The highest BCUT2D eigenvalue weighted by molar-refractivity contribution is 7.99. The molecule has 0 aliphatic heterocycles. The van der Waals surface area contributed by atoms with E-state index in [9.17, 15) is 9.59 Å². The van der Waals surface area contributed by atoms with E-state index in [4.69, 9.17) is 16.3 Å². The van der Waals surface area contributed by atoms with Gasteiger partial charge in [0.05, 0.1) is 35.7 Å². The largest absolute Gasteiger partial charge is 0.497 e. The van der Waals surface area contributed by atoms with Gasteiger partial charge in [0.25, 0.3) is 11.5 Å². The van der Waals surface area contributed by atoms with Crippen LogP contribution in [-0.4, -0.2) is 34.5 Å². The molecule has 1 amide bonds. The van der Waals surface area contributed by atoms with Crippen molar-refractivity contribution < 1.29 is 9.53 Å². The van der Waals surface area contributed by atoms with Crippen molar-refractivity contribution in [2.45, 2.75) is 5.16 Å². The standard InChI is InChI=1S/C24H19ClN4O3S/c1-32-19-11-9-18(10-12-19)29-23(31)20-7-2-3-8-21(20)27-24(29)33-15-22(30)28-26-14-16-5-4-6-17(25)13-16/h2-14H,15H2,1H3,(H,28,30). The second-order valence-corrected chi connectivity index (χ2v) is 8.27. The van der Waals surface area contributed by atoms with Gasteiger partial charge in [-0.3, -0.25) is 14.2 Å². The van der Waals surface area contributed by atoms with Gasteiger partial charge in [0.1, 0.15) is 5.75 Å². The highest BCUT2D eigenvalue weighted by Crippen LogP contribution is 2.22. The molecular formula is C24H19ClN4O3S. The molecule has 166 valence electrons. The van der Waals surface area contributed by atoms with Crippen LogP contribution >= 0.6 is 23.4 Å². The first-order chi connectivity index (χ1) is 16.0. The van der Waals surface area contributed by atoms with Gasteiger partial charge < -0.3 is 4.74 Å². The smallest absolute Gasteiger partial charge is 0.266 e. The summed E-state index contributed by atoms with van der Waals surface area (Å²) in [5.41, 5.74) is 4.22. The molecule has 0 bridgehead atoms. The van der Waals surface area contributed by atoms with Gasteiger partial charge in [0.2, 0.25) is 0 Å². The number of rotatable bonds is 7. The summed E-state index contributed by atoms with van der Waals surface area (Å²) in [5.74, 6) is 0.363. The summed E-state index contributed by atoms with van der Waals surface area (Å²) in [6.07, 6.45) is 1.51. The molecule has 3 aromatic carbocycles. The summed E-state index contributed by atoms with van der Waals surface area (Å²) in [5, 5.41) is 5.44. The first-order valence-corrected chi connectivity index (χ1v) is 11.3. The molecular weight excluding hydrogens is 460 g/mol. The van der Waals surface area contributed by atoms with Crippen molar-refractivity contribution in [3.63, 3.8) is 0 Å². The van der Waals surface area contributed by atoms with Gasteiger partial charge in [-0.05, 0) is 54.1 Å². The number of hydrazone groups is 1. The summed E-state index contributed by atoms with van der Waals surface area (Å²) in [4.78, 5) is 30.2. The second kappa shape index (κ2) is 10.3. The predicted molar refractivity (Wildman–Crippen MR) is 132 cm³/mol. The minimum Gasteiger partial charge on any atom is -0.497 e. The Kier molecular flexibility index (Phi) is 7.07. The van der Waals surface area contributed by atoms with E-state index in [1.807, 2.05) is 12.1 Å². The lowest BCUT2D eigenvalue weighted by molar-refractivity contribution is -0.118. The molecule has 1 N–H and O–H groups in total. The zero-order chi connectivity index (χ0) is 23.2. The SMILES string of the molecule is COc1ccc(-n2c(SCC(=O)NN=Cc3cccc(Cl)c3)nc3ccccc3c2=O)cc1. The molecule has 1 aromatic heterocycles. The number of carbonyl (C=O) groups excluding carboxylic acids is 1. The number of aromatic nitrogens is 2. The van der Waals surface area contributed by atoms with Crippen molar-refractivity contribution in [2.75, 3.05) is 12.9 Å². The van der Waals surface area contributed by atoms with Crippen LogP contribution in [0.4, 0.5) is 0 Å². The van der Waals surface area contributed by atoms with Gasteiger partial charge in [-0.1, -0.05) is 47.6 Å². The number of amides is 1. The lowest BCUT2D eigenvalue weighted by Crippen LogP contribution is -2.24. The van der Waals surface area contributed by atoms with Crippen molar-refractivity contribution >= 4 is 46.4 Å². The van der Waals surface area contributed by atoms with Crippen molar-refractivity contribution in [3.05, 3.63) is 93.7 Å². The van der Waals surface area contributed by atoms with E-state index in [0.29, 0.717) is 32.5 Å². The van der Waals surface area contributed by atoms with Gasteiger partial charge in [-0.25, -0.2) is 10.4 Å². The van der Waals surface area contributed by atoms with Crippen molar-refractivity contribution in [1.29, 1.82) is 0 Å². The van der Waals surface area contributed by atoms with Crippen molar-refractivity contribution in [1.82, 2.24) is 15.0 Å². The minimum atomic E-state index is -0.332. The highest BCUT2D eigenvalue weighted by atomic mass is 35.5. The fourth-order valence-electron chi connectivity index (χ4n) is 3.10. The maximum atomic E-state index is 13.2. The third-order valence-corrected chi connectivity index (χ3v) is 5.83. The third kappa shape index (κ3) is 5.42. The van der Waals surface area contributed by atoms with Crippen molar-refractivity contribution in [3.8, 4) is 11.4 Å². The number of hydrogen-bond acceptors (Lipinski definition) is 6. The second-order valence-electron chi connectivity index (χ2n) is 6.89.